The number of aromatic carboxylic acids is 1. The molecule has 6 nitrogen and oxygen atoms in total. The molecule has 0 aliphatic heterocycles. The van der Waals surface area contributed by atoms with Crippen molar-refractivity contribution in [2.45, 2.75) is 26.2 Å². The first-order valence-electron chi connectivity index (χ1n) is 9.75. The Bertz CT molecular complexity index is 1310. The standard InChI is InChI=1S/C24H20N4O2/c1-3-5-9-21-25-14-19-18-11-10-16(24(29)30)13-20(18)27-23(22(19)28-21)26-17-8-6-7-15(4-2)12-17/h2,6-8,10-14H,3,5,9H2,1H3,(H,26,27)(H,29,30). The number of benzene rings is 2. The zero-order valence-corrected chi connectivity index (χ0v) is 16.5. The molecular weight excluding hydrogens is 376 g/mol. The molecule has 4 rings (SSSR count). The van der Waals surface area contributed by atoms with Gasteiger partial charge in [-0.25, -0.2) is 19.7 Å². The Labute approximate surface area is 174 Å². The van der Waals surface area contributed by atoms with E-state index < -0.39 is 5.97 Å². The van der Waals surface area contributed by atoms with Crippen molar-refractivity contribution < 1.29 is 9.90 Å². The van der Waals surface area contributed by atoms with Crippen LogP contribution in [-0.2, 0) is 6.42 Å². The summed E-state index contributed by atoms with van der Waals surface area (Å²) in [4.78, 5) is 25.4. The Morgan fingerprint density at radius 3 is 2.80 bits per heavy atom. The number of pyridine rings is 1. The maximum Gasteiger partial charge on any atom is 0.335 e. The van der Waals surface area contributed by atoms with Gasteiger partial charge >= 0.3 is 5.97 Å². The SMILES string of the molecule is C#Cc1cccc(Nc2nc3cc(C(=O)O)ccc3c3cnc(CCCC)nc23)c1. The average molecular weight is 396 g/mol. The lowest BCUT2D eigenvalue weighted by molar-refractivity contribution is 0.0697. The molecule has 30 heavy (non-hydrogen) atoms. The van der Waals surface area contributed by atoms with Gasteiger partial charge in [-0.1, -0.05) is 31.4 Å². The summed E-state index contributed by atoms with van der Waals surface area (Å²) in [6.07, 6.45) is 10.2. The van der Waals surface area contributed by atoms with Gasteiger partial charge < -0.3 is 10.4 Å². The Morgan fingerprint density at radius 2 is 2.03 bits per heavy atom. The summed E-state index contributed by atoms with van der Waals surface area (Å²) in [6.45, 7) is 2.13. The van der Waals surface area contributed by atoms with E-state index in [4.69, 9.17) is 16.4 Å². The predicted molar refractivity (Wildman–Crippen MR) is 118 cm³/mol. The van der Waals surface area contributed by atoms with Gasteiger partial charge in [0.15, 0.2) is 5.82 Å². The fraction of sp³-hybridized carbons (Fsp3) is 0.167. The largest absolute Gasteiger partial charge is 0.478 e. The number of anilines is 2. The van der Waals surface area contributed by atoms with E-state index in [1.54, 1.807) is 24.4 Å². The third kappa shape index (κ3) is 3.78. The summed E-state index contributed by atoms with van der Waals surface area (Å²) in [6, 6.07) is 12.3. The lowest BCUT2D eigenvalue weighted by Crippen LogP contribution is -2.03. The molecule has 2 aromatic carbocycles. The number of hydrogen-bond acceptors (Lipinski definition) is 5. The normalized spacial score (nSPS) is 10.8. The van der Waals surface area contributed by atoms with Gasteiger partial charge in [0.05, 0.1) is 11.1 Å². The topological polar surface area (TPSA) is 88.0 Å². The molecule has 2 aromatic heterocycles. The van der Waals surface area contributed by atoms with Crippen LogP contribution in [0.1, 0.15) is 41.5 Å². The van der Waals surface area contributed by atoms with Crippen LogP contribution in [0, 0.1) is 12.3 Å². The molecule has 2 N–H and O–H groups in total. The molecule has 0 bridgehead atoms. The zero-order chi connectivity index (χ0) is 21.1. The van der Waals surface area contributed by atoms with Crippen LogP contribution in [0.2, 0.25) is 0 Å². The number of nitrogens with one attached hydrogen (secondary N) is 1. The summed E-state index contributed by atoms with van der Waals surface area (Å²) < 4.78 is 0. The second-order valence-electron chi connectivity index (χ2n) is 7.00. The van der Waals surface area contributed by atoms with Gasteiger partial charge in [-0.3, -0.25) is 0 Å². The Hall–Kier alpha value is -3.98. The number of nitrogens with zero attached hydrogens (tertiary/aromatic N) is 3. The molecule has 0 aliphatic carbocycles. The Balaban J connectivity index is 1.92. The number of terminal acetylenes is 1. The highest BCUT2D eigenvalue weighted by atomic mass is 16.4. The third-order valence-electron chi connectivity index (χ3n) is 4.88. The maximum atomic E-state index is 11.4. The van der Waals surface area contributed by atoms with Crippen LogP contribution in [0.25, 0.3) is 21.8 Å². The molecule has 0 aliphatic rings. The maximum absolute atomic E-state index is 11.4. The van der Waals surface area contributed by atoms with Gasteiger partial charge in [-0.05, 0) is 36.8 Å². The average Bonchev–Trinajstić information content (AvgIpc) is 2.77. The number of aryl methyl sites for hydroxylation is 1. The van der Waals surface area contributed by atoms with E-state index in [1.165, 1.54) is 0 Å². The van der Waals surface area contributed by atoms with E-state index in [1.807, 2.05) is 24.3 Å². The molecule has 4 aromatic rings. The molecule has 0 unspecified atom stereocenters. The van der Waals surface area contributed by atoms with E-state index in [0.29, 0.717) is 16.9 Å². The van der Waals surface area contributed by atoms with Crippen LogP contribution in [0.3, 0.4) is 0 Å². The summed E-state index contributed by atoms with van der Waals surface area (Å²) in [5, 5.41) is 14.3. The minimum absolute atomic E-state index is 0.176. The summed E-state index contributed by atoms with van der Waals surface area (Å²) in [7, 11) is 0. The Kier molecular flexibility index (Phi) is 5.27. The first kappa shape index (κ1) is 19.3. The molecule has 0 atom stereocenters. The smallest absolute Gasteiger partial charge is 0.335 e. The number of unbranched alkanes of at least 4 members (excludes halogenated alkanes) is 1. The Morgan fingerprint density at radius 1 is 1.17 bits per heavy atom. The van der Waals surface area contributed by atoms with Crippen LogP contribution in [-0.4, -0.2) is 26.0 Å². The molecular formula is C24H20N4O2. The van der Waals surface area contributed by atoms with Crippen molar-refractivity contribution in [2.24, 2.45) is 0 Å². The number of carboxylic acid groups (broad SMARTS) is 1. The monoisotopic (exact) mass is 396 g/mol. The van der Waals surface area contributed by atoms with E-state index in [0.717, 1.165) is 47.1 Å². The second-order valence-corrected chi connectivity index (χ2v) is 7.00. The van der Waals surface area contributed by atoms with Crippen molar-refractivity contribution in [1.82, 2.24) is 15.0 Å². The van der Waals surface area contributed by atoms with Gasteiger partial charge in [0.2, 0.25) is 0 Å². The molecule has 2 heterocycles. The minimum atomic E-state index is -0.999. The molecule has 0 spiro atoms. The predicted octanol–water partition coefficient (Wildman–Crippen LogP) is 4.94. The van der Waals surface area contributed by atoms with Crippen molar-refractivity contribution in [3.05, 3.63) is 65.6 Å². The number of carbonyl (C=O) groups is 1. The van der Waals surface area contributed by atoms with Crippen molar-refractivity contribution in [1.29, 1.82) is 0 Å². The van der Waals surface area contributed by atoms with Crippen LogP contribution in [0.15, 0.2) is 48.7 Å². The second kappa shape index (κ2) is 8.18. The lowest BCUT2D eigenvalue weighted by Gasteiger charge is -2.12. The number of aromatic nitrogens is 3. The highest BCUT2D eigenvalue weighted by Crippen LogP contribution is 2.30. The number of fused-ring (bicyclic) bond motifs is 3. The van der Waals surface area contributed by atoms with Crippen molar-refractivity contribution in [3.8, 4) is 12.3 Å². The molecule has 0 saturated heterocycles. The summed E-state index contributed by atoms with van der Waals surface area (Å²) in [5.74, 6) is 2.92. The zero-order valence-electron chi connectivity index (χ0n) is 16.5. The van der Waals surface area contributed by atoms with Crippen LogP contribution < -0.4 is 5.32 Å². The van der Waals surface area contributed by atoms with Gasteiger partial charge in [-0.2, -0.15) is 0 Å². The fourth-order valence-corrected chi connectivity index (χ4v) is 3.32. The first-order chi connectivity index (χ1) is 14.6. The van der Waals surface area contributed by atoms with E-state index in [-0.39, 0.29) is 5.56 Å². The van der Waals surface area contributed by atoms with Gasteiger partial charge in [0.25, 0.3) is 0 Å². The van der Waals surface area contributed by atoms with Crippen molar-refractivity contribution in [3.63, 3.8) is 0 Å². The van der Waals surface area contributed by atoms with Gasteiger partial charge in [-0.15, -0.1) is 6.42 Å². The number of hydrogen-bond donors (Lipinski definition) is 2. The van der Waals surface area contributed by atoms with Gasteiger partial charge in [0, 0.05) is 34.6 Å². The van der Waals surface area contributed by atoms with Gasteiger partial charge in [0.1, 0.15) is 11.3 Å². The third-order valence-corrected chi connectivity index (χ3v) is 4.88. The minimum Gasteiger partial charge on any atom is -0.478 e. The van der Waals surface area contributed by atoms with Crippen molar-refractivity contribution in [2.75, 3.05) is 5.32 Å². The summed E-state index contributed by atoms with van der Waals surface area (Å²) >= 11 is 0. The molecule has 0 amide bonds. The quantitative estimate of drug-likeness (QED) is 0.354. The van der Waals surface area contributed by atoms with E-state index in [2.05, 4.69) is 23.1 Å². The van der Waals surface area contributed by atoms with Crippen molar-refractivity contribution >= 4 is 39.3 Å². The molecule has 6 heteroatoms. The first-order valence-corrected chi connectivity index (χ1v) is 9.75. The molecule has 0 fully saturated rings. The fourth-order valence-electron chi connectivity index (χ4n) is 3.32. The van der Waals surface area contributed by atoms with E-state index in [9.17, 15) is 9.90 Å². The highest BCUT2D eigenvalue weighted by Gasteiger charge is 2.14. The molecule has 0 saturated carbocycles. The highest BCUT2D eigenvalue weighted by molar-refractivity contribution is 6.09. The number of rotatable bonds is 6. The molecule has 0 radical (unpaired) electrons. The van der Waals surface area contributed by atoms with Crippen LogP contribution >= 0.6 is 0 Å². The molecule has 148 valence electrons. The number of carboxylic acids is 1. The van der Waals surface area contributed by atoms with Crippen LogP contribution in [0.5, 0.6) is 0 Å². The lowest BCUT2D eigenvalue weighted by atomic mass is 10.1. The summed E-state index contributed by atoms with van der Waals surface area (Å²) in [5.41, 5.74) is 2.95. The van der Waals surface area contributed by atoms with E-state index >= 15 is 0 Å². The van der Waals surface area contributed by atoms with Crippen LogP contribution in [0.4, 0.5) is 11.5 Å².